The summed E-state index contributed by atoms with van der Waals surface area (Å²) in [5.41, 5.74) is 2.05. The number of nitrogens with one attached hydrogen (secondary N) is 1. The fraction of sp³-hybridized carbons (Fsp3) is 0.100. The van der Waals surface area contributed by atoms with Crippen molar-refractivity contribution in [1.29, 1.82) is 0 Å². The zero-order valence-electron chi connectivity index (χ0n) is 8.58. The molecule has 0 spiro atoms. The van der Waals surface area contributed by atoms with Crippen molar-refractivity contribution in [2.24, 2.45) is 5.16 Å². The molecular formula is C10H11N3O3. The molecule has 0 aromatic heterocycles. The first-order chi connectivity index (χ1) is 7.63. The van der Waals surface area contributed by atoms with Crippen LogP contribution in [-0.2, 0) is 0 Å². The van der Waals surface area contributed by atoms with Crippen LogP contribution in [-0.4, -0.2) is 21.4 Å². The van der Waals surface area contributed by atoms with E-state index >= 15 is 0 Å². The van der Waals surface area contributed by atoms with E-state index in [-0.39, 0.29) is 0 Å². The van der Waals surface area contributed by atoms with Gasteiger partial charge < -0.3 is 10.4 Å². The Morgan fingerprint density at radius 3 is 2.44 bits per heavy atom. The third-order valence-electron chi connectivity index (χ3n) is 2.37. The lowest BCUT2D eigenvalue weighted by Crippen LogP contribution is -3.07. The number of hydrogen-bond acceptors (Lipinski definition) is 4. The lowest BCUT2D eigenvalue weighted by atomic mass is 10.1. The van der Waals surface area contributed by atoms with Gasteiger partial charge in [0, 0.05) is 5.56 Å². The van der Waals surface area contributed by atoms with E-state index in [2.05, 4.69) is 5.16 Å². The molecule has 1 aromatic rings. The van der Waals surface area contributed by atoms with Gasteiger partial charge in [-0.05, 0) is 24.2 Å². The van der Waals surface area contributed by atoms with Crippen molar-refractivity contribution >= 4 is 11.7 Å². The summed E-state index contributed by atoms with van der Waals surface area (Å²) in [6, 6.07) is 7.26. The van der Waals surface area contributed by atoms with Gasteiger partial charge in [-0.3, -0.25) is 10.3 Å². The van der Waals surface area contributed by atoms with Crippen LogP contribution < -0.4 is 5.06 Å². The number of hydroxylamine groups is 4. The van der Waals surface area contributed by atoms with E-state index in [4.69, 9.17) is 5.21 Å². The number of rotatable bonds is 1. The monoisotopic (exact) mass is 221 g/mol. The summed E-state index contributed by atoms with van der Waals surface area (Å²) in [4.78, 5) is 0. The van der Waals surface area contributed by atoms with Gasteiger partial charge in [0.25, 0.3) is 0 Å². The molecule has 16 heavy (non-hydrogen) atoms. The topological polar surface area (TPSA) is 83.6 Å². The van der Waals surface area contributed by atoms with Gasteiger partial charge in [-0.15, -0.1) is 0 Å². The van der Waals surface area contributed by atoms with Crippen molar-refractivity contribution in [2.45, 2.75) is 6.92 Å². The molecule has 84 valence electrons. The Kier molecular flexibility index (Phi) is 2.61. The molecule has 0 amide bonds. The standard InChI is InChI=1S/C10H11N3O3/c1-7-2-4-8(5-3-7)9-6-12(15)10(11-14)13(9)16/h2-6,13-15H,1H3. The van der Waals surface area contributed by atoms with E-state index in [1.807, 2.05) is 19.1 Å². The second-order valence-electron chi connectivity index (χ2n) is 3.51. The van der Waals surface area contributed by atoms with Gasteiger partial charge in [-0.2, -0.15) is 5.06 Å². The molecule has 1 heterocycles. The number of quaternary nitrogens is 1. The van der Waals surface area contributed by atoms with Crippen molar-refractivity contribution in [3.05, 3.63) is 46.8 Å². The Balaban J connectivity index is 2.36. The highest BCUT2D eigenvalue weighted by atomic mass is 16.6. The summed E-state index contributed by atoms with van der Waals surface area (Å²) in [5.74, 6) is -0.393. The minimum absolute atomic E-state index is 0.301. The van der Waals surface area contributed by atoms with Crippen LogP contribution >= 0.6 is 0 Å². The molecule has 6 heteroatoms. The third-order valence-corrected chi connectivity index (χ3v) is 2.37. The fourth-order valence-electron chi connectivity index (χ4n) is 1.50. The lowest BCUT2D eigenvalue weighted by molar-refractivity contribution is -0.664. The van der Waals surface area contributed by atoms with Gasteiger partial charge in [0.15, 0.2) is 5.70 Å². The molecule has 0 saturated heterocycles. The molecule has 0 fully saturated rings. The van der Waals surface area contributed by atoms with Crippen molar-refractivity contribution in [3.63, 3.8) is 0 Å². The summed E-state index contributed by atoms with van der Waals surface area (Å²) in [7, 11) is 0. The van der Waals surface area contributed by atoms with Crippen LogP contribution in [0.15, 0.2) is 35.6 Å². The van der Waals surface area contributed by atoms with Crippen LogP contribution in [0.3, 0.4) is 0 Å². The number of guanidine groups is 1. The van der Waals surface area contributed by atoms with Crippen LogP contribution in [0.2, 0.25) is 0 Å². The third kappa shape index (κ3) is 1.65. The number of hydrogen-bond donors (Lipinski definition) is 3. The molecule has 1 aliphatic heterocycles. The molecule has 0 aliphatic carbocycles. The number of benzene rings is 1. The van der Waals surface area contributed by atoms with Gasteiger partial charge in [0.05, 0.1) is 0 Å². The zero-order valence-corrected chi connectivity index (χ0v) is 8.58. The van der Waals surface area contributed by atoms with E-state index < -0.39 is 11.0 Å². The first-order valence-electron chi connectivity index (χ1n) is 4.67. The summed E-state index contributed by atoms with van der Waals surface area (Å²) in [6.07, 6.45) is 1.22. The van der Waals surface area contributed by atoms with Crippen molar-refractivity contribution in [1.82, 2.24) is 5.06 Å². The van der Waals surface area contributed by atoms with E-state index in [9.17, 15) is 10.4 Å². The maximum atomic E-state index is 11.7. The predicted octanol–water partition coefficient (Wildman–Crippen LogP) is 0.126. The van der Waals surface area contributed by atoms with Crippen LogP contribution in [0.4, 0.5) is 0 Å². The molecule has 0 radical (unpaired) electrons. The van der Waals surface area contributed by atoms with Gasteiger partial charge in [0.2, 0.25) is 0 Å². The Labute approximate surface area is 91.9 Å². The van der Waals surface area contributed by atoms with Crippen LogP contribution in [0.5, 0.6) is 0 Å². The summed E-state index contributed by atoms with van der Waals surface area (Å²) < 4.78 is 0. The first-order valence-corrected chi connectivity index (χ1v) is 4.67. The predicted molar refractivity (Wildman–Crippen MR) is 56.3 cm³/mol. The highest BCUT2D eigenvalue weighted by Gasteiger charge is 2.30. The molecular weight excluding hydrogens is 210 g/mol. The highest BCUT2D eigenvalue weighted by Crippen LogP contribution is 2.13. The average Bonchev–Trinajstić information content (AvgIpc) is 2.55. The summed E-state index contributed by atoms with van der Waals surface area (Å²) in [6.45, 7) is 1.94. The van der Waals surface area contributed by atoms with Gasteiger partial charge in [-0.1, -0.05) is 17.7 Å². The Morgan fingerprint density at radius 2 is 1.94 bits per heavy atom. The smallest absolute Gasteiger partial charge is 0.370 e. The zero-order chi connectivity index (χ0) is 11.7. The minimum Gasteiger partial charge on any atom is -0.621 e. The van der Waals surface area contributed by atoms with E-state index in [0.29, 0.717) is 16.3 Å². The van der Waals surface area contributed by atoms with Gasteiger partial charge >= 0.3 is 5.96 Å². The lowest BCUT2D eigenvalue weighted by Gasteiger charge is -2.17. The van der Waals surface area contributed by atoms with Crippen LogP contribution in [0.25, 0.3) is 5.70 Å². The van der Waals surface area contributed by atoms with Gasteiger partial charge in [-0.25, -0.2) is 0 Å². The van der Waals surface area contributed by atoms with Crippen LogP contribution in [0.1, 0.15) is 11.1 Å². The SMILES string of the molecule is Cc1ccc(C2=CN(O)C(=NO)[NH+]2[O-])cc1. The van der Waals surface area contributed by atoms with Crippen molar-refractivity contribution < 1.29 is 15.5 Å². The van der Waals surface area contributed by atoms with Crippen molar-refractivity contribution in [2.75, 3.05) is 0 Å². The largest absolute Gasteiger partial charge is 0.621 e. The first kappa shape index (κ1) is 10.6. The van der Waals surface area contributed by atoms with Crippen molar-refractivity contribution in [3.8, 4) is 0 Å². The molecule has 1 aliphatic rings. The molecule has 6 nitrogen and oxygen atoms in total. The van der Waals surface area contributed by atoms with E-state index in [1.54, 1.807) is 12.1 Å². The Morgan fingerprint density at radius 1 is 1.31 bits per heavy atom. The highest BCUT2D eigenvalue weighted by molar-refractivity contribution is 5.82. The molecule has 0 bridgehead atoms. The van der Waals surface area contributed by atoms with E-state index in [0.717, 1.165) is 5.56 Å². The Hall–Kier alpha value is -1.89. The molecule has 1 aromatic carbocycles. The van der Waals surface area contributed by atoms with E-state index in [1.165, 1.54) is 6.20 Å². The second kappa shape index (κ2) is 3.93. The number of nitrogens with zero attached hydrogens (tertiary/aromatic N) is 2. The normalized spacial score (nSPS) is 22.7. The summed E-state index contributed by atoms with van der Waals surface area (Å²) >= 11 is 0. The molecule has 2 rings (SSSR count). The summed E-state index contributed by atoms with van der Waals surface area (Å²) in [5, 5.41) is 32.2. The maximum absolute atomic E-state index is 11.7. The quantitative estimate of drug-likeness (QED) is 0.357. The fourth-order valence-corrected chi connectivity index (χ4v) is 1.50. The second-order valence-corrected chi connectivity index (χ2v) is 3.51. The molecule has 1 unspecified atom stereocenters. The van der Waals surface area contributed by atoms with Crippen LogP contribution in [0, 0.1) is 12.1 Å². The number of oxime groups is 1. The Bertz CT molecular complexity index is 453. The average molecular weight is 221 g/mol. The minimum atomic E-state index is -0.506. The molecule has 0 saturated carbocycles. The molecule has 1 atom stereocenters. The van der Waals surface area contributed by atoms with Gasteiger partial charge in [0.1, 0.15) is 6.20 Å². The number of aryl methyl sites for hydroxylation is 1. The molecule has 3 N–H and O–H groups in total. The maximum Gasteiger partial charge on any atom is 0.370 e.